The summed E-state index contributed by atoms with van der Waals surface area (Å²) in [4.78, 5) is 32.2. The van der Waals surface area contributed by atoms with Gasteiger partial charge in [-0.1, -0.05) is 111 Å². The summed E-state index contributed by atoms with van der Waals surface area (Å²) in [5, 5.41) is 6.74. The Kier molecular flexibility index (Phi) is 7.53. The fourth-order valence-electron chi connectivity index (χ4n) is 8.64. The van der Waals surface area contributed by atoms with Crippen molar-refractivity contribution >= 4 is 60.2 Å². The molecule has 0 heterocycles. The molecule has 0 radical (unpaired) electrons. The Morgan fingerprint density at radius 3 is 1.09 bits per heavy atom. The van der Waals surface area contributed by atoms with E-state index in [0.717, 1.165) is 88.3 Å². The average Bonchev–Trinajstić information content (AvgIpc) is 3.15. The van der Waals surface area contributed by atoms with Crippen LogP contribution in [0.5, 0.6) is 0 Å². The first-order valence-corrected chi connectivity index (χ1v) is 19.4. The summed E-state index contributed by atoms with van der Waals surface area (Å²) in [5.74, 6) is 0. The van der Waals surface area contributed by atoms with Crippen molar-refractivity contribution in [2.24, 2.45) is 0 Å². The van der Waals surface area contributed by atoms with Gasteiger partial charge in [0.1, 0.15) is 0 Å². The van der Waals surface area contributed by atoms with E-state index in [2.05, 4.69) is 176 Å². The minimum atomic E-state index is -0.246. The third kappa shape index (κ3) is 5.39. The molecule has 0 aliphatic heterocycles. The minimum Gasteiger partial charge on any atom is -0.311 e. The molecule has 9 rings (SSSR count). The van der Waals surface area contributed by atoms with Gasteiger partial charge in [0.2, 0.25) is 0 Å². The average molecular weight is 718 g/mol. The molecule has 0 unspecified atom stereocenters. The summed E-state index contributed by atoms with van der Waals surface area (Å²) in [7, 11) is 0. The van der Waals surface area contributed by atoms with Gasteiger partial charge in [-0.2, -0.15) is 0 Å². The molecule has 0 atom stereocenters. The van der Waals surface area contributed by atoms with Gasteiger partial charge in [0.25, 0.3) is 0 Å². The second kappa shape index (κ2) is 11.8. The largest absolute Gasteiger partial charge is 0.311 e. The standard InChI is InChI=1S/C52H47NO2/c1-50(2,3)31-24-37-43(30-20-22-36(23-21-30)53(34-16-12-10-13-17-34)35-18-14-11-15-19-35)38-25-32(51(4,5)6)27-40-45(38)47-44(37)39(26-31)48(54)41-28-33(52(7,8)9)29-42(46(41)47)49(40)55/h10-29H,1-9H3. The van der Waals surface area contributed by atoms with Crippen molar-refractivity contribution in [1.82, 2.24) is 0 Å². The Balaban J connectivity index is 1.45. The van der Waals surface area contributed by atoms with Crippen LogP contribution in [0.25, 0.3) is 65.3 Å². The van der Waals surface area contributed by atoms with Crippen LogP contribution in [-0.4, -0.2) is 0 Å². The third-order valence-corrected chi connectivity index (χ3v) is 11.7. The van der Waals surface area contributed by atoms with Crippen LogP contribution >= 0.6 is 0 Å². The number of nitrogens with zero attached hydrogens (tertiary/aromatic N) is 1. The third-order valence-electron chi connectivity index (χ3n) is 11.7. The van der Waals surface area contributed by atoms with Gasteiger partial charge in [0, 0.05) is 60.5 Å². The lowest BCUT2D eigenvalue weighted by molar-refractivity contribution is 0.591. The Labute approximate surface area is 323 Å². The molecular formula is C52H47NO2. The van der Waals surface area contributed by atoms with Crippen LogP contribution in [0.3, 0.4) is 0 Å². The molecule has 0 aromatic heterocycles. The molecule has 0 fully saturated rings. The molecule has 55 heavy (non-hydrogen) atoms. The number of para-hydroxylation sites is 2. The molecule has 0 amide bonds. The van der Waals surface area contributed by atoms with Gasteiger partial charge in [-0.25, -0.2) is 0 Å². The van der Waals surface area contributed by atoms with Crippen molar-refractivity contribution in [2.45, 2.75) is 78.6 Å². The van der Waals surface area contributed by atoms with Gasteiger partial charge in [-0.3, -0.25) is 9.59 Å². The highest BCUT2D eigenvalue weighted by Gasteiger charge is 2.32. The lowest BCUT2D eigenvalue weighted by atomic mass is 9.73. The fraction of sp³-hybridized carbons (Fsp3) is 0.231. The molecule has 7 aromatic carbocycles. The second-order valence-corrected chi connectivity index (χ2v) is 18.6. The molecule has 272 valence electrons. The van der Waals surface area contributed by atoms with E-state index in [4.69, 9.17) is 0 Å². The van der Waals surface area contributed by atoms with E-state index in [1.54, 1.807) is 0 Å². The lowest BCUT2D eigenvalue weighted by Crippen LogP contribution is -2.19. The zero-order chi connectivity index (χ0) is 38.8. The van der Waals surface area contributed by atoms with Crippen LogP contribution in [0.15, 0.2) is 131 Å². The molecule has 0 saturated heterocycles. The molecule has 0 saturated carbocycles. The second-order valence-electron chi connectivity index (χ2n) is 18.6. The van der Waals surface area contributed by atoms with Gasteiger partial charge in [0.15, 0.2) is 10.9 Å². The van der Waals surface area contributed by atoms with Crippen LogP contribution < -0.4 is 15.8 Å². The molecule has 7 aromatic rings. The van der Waals surface area contributed by atoms with Gasteiger partial charge >= 0.3 is 0 Å². The number of anilines is 3. The Morgan fingerprint density at radius 1 is 0.364 bits per heavy atom. The molecule has 0 N–H and O–H groups in total. The van der Waals surface area contributed by atoms with E-state index >= 15 is 0 Å². The van der Waals surface area contributed by atoms with E-state index in [1.165, 1.54) is 0 Å². The van der Waals surface area contributed by atoms with Gasteiger partial charge < -0.3 is 4.90 Å². The predicted molar refractivity (Wildman–Crippen MR) is 235 cm³/mol. The zero-order valence-corrected chi connectivity index (χ0v) is 33.3. The molecule has 3 nitrogen and oxygen atoms in total. The summed E-state index contributed by atoms with van der Waals surface area (Å²) < 4.78 is 0. The first kappa shape index (κ1) is 34.9. The highest BCUT2D eigenvalue weighted by atomic mass is 16.1. The van der Waals surface area contributed by atoms with Crippen molar-refractivity contribution < 1.29 is 0 Å². The lowest BCUT2D eigenvalue weighted by Gasteiger charge is -2.29. The van der Waals surface area contributed by atoms with Crippen molar-refractivity contribution in [2.75, 3.05) is 4.90 Å². The summed E-state index contributed by atoms with van der Waals surface area (Å²) in [5.41, 5.74) is 9.67. The Bertz CT molecular complexity index is 2810. The predicted octanol–water partition coefficient (Wildman–Crippen LogP) is 13.5. The molecule has 2 aliphatic rings. The van der Waals surface area contributed by atoms with E-state index in [0.29, 0.717) is 10.8 Å². The normalized spacial score (nSPS) is 13.0. The first-order valence-electron chi connectivity index (χ1n) is 19.4. The Morgan fingerprint density at radius 2 is 0.709 bits per heavy atom. The topological polar surface area (TPSA) is 37.4 Å². The first-order chi connectivity index (χ1) is 26.0. The van der Waals surface area contributed by atoms with E-state index < -0.39 is 0 Å². The van der Waals surface area contributed by atoms with E-state index in [9.17, 15) is 9.59 Å². The van der Waals surface area contributed by atoms with Crippen molar-refractivity contribution in [3.8, 4) is 22.3 Å². The van der Waals surface area contributed by atoms with Crippen LogP contribution in [0, 0.1) is 0 Å². The Hall–Kier alpha value is -5.80. The van der Waals surface area contributed by atoms with Crippen molar-refractivity contribution in [3.63, 3.8) is 0 Å². The van der Waals surface area contributed by atoms with E-state index in [1.807, 2.05) is 12.1 Å². The summed E-state index contributed by atoms with van der Waals surface area (Å²) in [6.07, 6.45) is 0. The van der Waals surface area contributed by atoms with E-state index in [-0.39, 0.29) is 27.1 Å². The van der Waals surface area contributed by atoms with Crippen LogP contribution in [0.2, 0.25) is 0 Å². The molecule has 3 heteroatoms. The molecule has 0 spiro atoms. The highest BCUT2D eigenvalue weighted by molar-refractivity contribution is 6.34. The molecule has 0 bridgehead atoms. The van der Waals surface area contributed by atoms with Gasteiger partial charge in [0.05, 0.1) is 0 Å². The summed E-state index contributed by atoms with van der Waals surface area (Å²) in [6.45, 7) is 19.7. The fourth-order valence-corrected chi connectivity index (χ4v) is 8.64. The molecule has 2 aliphatic carbocycles. The quantitative estimate of drug-likeness (QED) is 0.134. The van der Waals surface area contributed by atoms with Crippen molar-refractivity contribution in [3.05, 3.63) is 158 Å². The van der Waals surface area contributed by atoms with Crippen LogP contribution in [-0.2, 0) is 16.2 Å². The molecular weight excluding hydrogens is 671 g/mol. The highest BCUT2D eigenvalue weighted by Crippen LogP contribution is 2.52. The maximum absolute atomic E-state index is 15.0. The summed E-state index contributed by atoms with van der Waals surface area (Å²) in [6, 6.07) is 42.7. The van der Waals surface area contributed by atoms with Gasteiger partial charge in [-0.15, -0.1) is 0 Å². The summed E-state index contributed by atoms with van der Waals surface area (Å²) >= 11 is 0. The van der Waals surface area contributed by atoms with Crippen molar-refractivity contribution in [1.29, 1.82) is 0 Å². The maximum Gasteiger partial charge on any atom is 0.194 e. The maximum atomic E-state index is 15.0. The number of benzene rings is 9. The van der Waals surface area contributed by atoms with Crippen LogP contribution in [0.4, 0.5) is 17.1 Å². The number of hydrogen-bond acceptors (Lipinski definition) is 3. The minimum absolute atomic E-state index is 0.00414. The number of hydrogen-bond donors (Lipinski definition) is 0. The monoisotopic (exact) mass is 717 g/mol. The van der Waals surface area contributed by atoms with Gasteiger partial charge in [-0.05, 0) is 128 Å². The van der Waals surface area contributed by atoms with Crippen LogP contribution in [0.1, 0.15) is 79.0 Å². The SMILES string of the molecule is CC(C)(C)c1cc2c3c(c1)c(=O)c1cc(C(C)(C)C)cc4c(-c5ccc(N(c6ccccc6)c6ccccc6)cc5)c5cc(C(C)(C)C)cc(c2=O)c5c-3c41. The smallest absolute Gasteiger partial charge is 0.194 e. The number of rotatable bonds is 4. The zero-order valence-electron chi connectivity index (χ0n) is 33.3.